The van der Waals surface area contributed by atoms with Crippen LogP contribution in [0.1, 0.15) is 6.92 Å². The molecule has 0 bridgehead atoms. The van der Waals surface area contributed by atoms with E-state index in [1.54, 1.807) is 0 Å². The van der Waals surface area contributed by atoms with Gasteiger partial charge in [-0.1, -0.05) is 5.23 Å². The van der Waals surface area contributed by atoms with Gasteiger partial charge in [-0.15, -0.1) is 0 Å². The molecular formula is C6H17CaNO4. The van der Waals surface area contributed by atoms with Crippen molar-refractivity contribution in [3.05, 3.63) is 0 Å². The molecular weight excluding hydrogens is 190 g/mol. The molecule has 0 heterocycles. The molecule has 0 aliphatic carbocycles. The average Bonchev–Trinajstić information content (AvgIpc) is 2.05. The first-order valence-corrected chi connectivity index (χ1v) is 3.60. The molecule has 0 spiro atoms. The number of hydroxylamine groups is 2. The molecule has 0 saturated carbocycles. The van der Waals surface area contributed by atoms with Crippen molar-refractivity contribution in [2.45, 2.75) is 6.92 Å². The monoisotopic (exact) mass is 207 g/mol. The first-order valence-electron chi connectivity index (χ1n) is 3.60. The molecule has 0 atom stereocenters. The van der Waals surface area contributed by atoms with Crippen molar-refractivity contribution in [3.8, 4) is 0 Å². The van der Waals surface area contributed by atoms with E-state index in [9.17, 15) is 0 Å². The fraction of sp³-hybridized carbons (Fsp3) is 1.00. The van der Waals surface area contributed by atoms with Gasteiger partial charge in [-0.25, -0.2) is 0 Å². The number of aliphatic hydroxyl groups is 2. The Morgan fingerprint density at radius 1 is 1.08 bits per heavy atom. The molecule has 0 aromatic rings. The summed E-state index contributed by atoms with van der Waals surface area (Å²) in [5.74, 6) is 0. The van der Waals surface area contributed by atoms with E-state index < -0.39 is 0 Å². The summed E-state index contributed by atoms with van der Waals surface area (Å²) in [6.45, 7) is 2.73. The molecule has 2 N–H and O–H groups in total. The van der Waals surface area contributed by atoms with Crippen molar-refractivity contribution >= 4 is 37.7 Å². The van der Waals surface area contributed by atoms with Crippen LogP contribution in [0.4, 0.5) is 0 Å². The number of nitrogens with zero attached hydrogens (tertiary/aromatic N) is 1. The Balaban J connectivity index is 0. The zero-order valence-electron chi connectivity index (χ0n) is 6.69. The Hall–Kier alpha value is 1.06. The van der Waals surface area contributed by atoms with Gasteiger partial charge >= 0.3 is 37.7 Å². The van der Waals surface area contributed by atoms with Crippen molar-refractivity contribution in [2.24, 2.45) is 0 Å². The molecule has 6 heteroatoms. The molecule has 72 valence electrons. The first kappa shape index (κ1) is 15.5. The second-order valence-corrected chi connectivity index (χ2v) is 1.76. The molecule has 0 aromatic heterocycles. The Bertz CT molecular complexity index is 77.9. The van der Waals surface area contributed by atoms with Crippen LogP contribution in [0.5, 0.6) is 0 Å². The maximum atomic E-state index is 8.38. The fourth-order valence-electron chi connectivity index (χ4n) is 0.505. The normalized spacial score (nSPS) is 10.0. The van der Waals surface area contributed by atoms with Crippen molar-refractivity contribution in [3.63, 3.8) is 0 Å². The van der Waals surface area contributed by atoms with Crippen LogP contribution in [0.25, 0.3) is 0 Å². The first-order chi connectivity index (χ1) is 5.35. The van der Waals surface area contributed by atoms with Crippen molar-refractivity contribution in [1.82, 2.24) is 5.23 Å². The topological polar surface area (TPSA) is 62.2 Å². The molecule has 12 heavy (non-hydrogen) atoms. The summed E-state index contributed by atoms with van der Waals surface area (Å²) in [5, 5.41) is 18.0. The van der Waals surface area contributed by atoms with Crippen LogP contribution in [0.15, 0.2) is 0 Å². The Morgan fingerprint density at radius 2 is 1.50 bits per heavy atom. The molecule has 0 rings (SSSR count). The number of hydrogen-bond acceptors (Lipinski definition) is 5. The van der Waals surface area contributed by atoms with Crippen molar-refractivity contribution in [1.29, 1.82) is 0 Å². The molecule has 5 nitrogen and oxygen atoms in total. The van der Waals surface area contributed by atoms with E-state index in [1.165, 1.54) is 5.23 Å². The summed E-state index contributed by atoms with van der Waals surface area (Å²) in [5.41, 5.74) is 0. The maximum absolute atomic E-state index is 8.38. The quantitative estimate of drug-likeness (QED) is 0.382. The predicted molar refractivity (Wildman–Crippen MR) is 47.0 cm³/mol. The Kier molecular flexibility index (Phi) is 15.6. The summed E-state index contributed by atoms with van der Waals surface area (Å²) in [7, 11) is 0. The molecule has 0 aliphatic heterocycles. The van der Waals surface area contributed by atoms with Gasteiger partial charge in [-0.05, 0) is 6.92 Å². The molecule has 0 aromatic carbocycles. The summed E-state index contributed by atoms with van der Waals surface area (Å²) >= 11 is 0. The van der Waals surface area contributed by atoms with E-state index in [-0.39, 0.29) is 64.2 Å². The molecule has 0 amide bonds. The Morgan fingerprint density at radius 3 is 1.75 bits per heavy atom. The minimum atomic E-state index is -0.0427. The third-order valence-electron chi connectivity index (χ3n) is 0.911. The van der Waals surface area contributed by atoms with E-state index in [0.717, 1.165) is 0 Å². The van der Waals surface area contributed by atoms with Crippen molar-refractivity contribution < 1.29 is 19.9 Å². The summed E-state index contributed by atoms with van der Waals surface area (Å²) in [4.78, 5) is 9.78. The van der Waals surface area contributed by atoms with Gasteiger partial charge < -0.3 is 10.2 Å². The van der Waals surface area contributed by atoms with Gasteiger partial charge in [-0.2, -0.15) is 0 Å². The zero-order chi connectivity index (χ0) is 8.53. The van der Waals surface area contributed by atoms with Crippen LogP contribution in [-0.4, -0.2) is 86.2 Å². The fourth-order valence-corrected chi connectivity index (χ4v) is 0.505. The minimum absolute atomic E-state index is 0. The molecule has 0 radical (unpaired) electrons. The van der Waals surface area contributed by atoms with Crippen LogP contribution in [-0.2, 0) is 9.68 Å². The number of rotatable bonds is 7. The van der Waals surface area contributed by atoms with Crippen LogP contribution in [0.2, 0.25) is 0 Å². The summed E-state index contributed by atoms with van der Waals surface area (Å²) in [6.07, 6.45) is 0. The van der Waals surface area contributed by atoms with Gasteiger partial charge in [0.15, 0.2) is 0 Å². The van der Waals surface area contributed by atoms with Crippen LogP contribution in [0.3, 0.4) is 0 Å². The van der Waals surface area contributed by atoms with Crippen molar-refractivity contribution in [2.75, 3.05) is 33.0 Å². The predicted octanol–water partition coefficient (Wildman–Crippen LogP) is -1.76. The van der Waals surface area contributed by atoms with E-state index in [1.807, 2.05) is 6.92 Å². The second-order valence-electron chi connectivity index (χ2n) is 1.76. The van der Waals surface area contributed by atoms with Crippen LogP contribution in [0, 0.1) is 0 Å². The second kappa shape index (κ2) is 12.1. The average molecular weight is 207 g/mol. The Labute approximate surface area is 102 Å². The van der Waals surface area contributed by atoms with E-state index in [0.29, 0.717) is 6.54 Å². The van der Waals surface area contributed by atoms with Gasteiger partial charge in [0.05, 0.1) is 26.4 Å². The molecule has 0 saturated heterocycles. The third-order valence-corrected chi connectivity index (χ3v) is 0.911. The third kappa shape index (κ3) is 9.15. The molecule has 0 aliphatic rings. The summed E-state index contributed by atoms with van der Waals surface area (Å²) in [6, 6.07) is 0. The van der Waals surface area contributed by atoms with Gasteiger partial charge in [0, 0.05) is 6.54 Å². The summed E-state index contributed by atoms with van der Waals surface area (Å²) < 4.78 is 0. The number of hydrogen-bond donors (Lipinski definition) is 2. The van der Waals surface area contributed by atoms with Gasteiger partial charge in [-0.3, -0.25) is 9.68 Å². The zero-order valence-corrected chi connectivity index (χ0v) is 6.69. The van der Waals surface area contributed by atoms with Gasteiger partial charge in [0.25, 0.3) is 0 Å². The molecule has 0 unspecified atom stereocenters. The SMILES string of the molecule is CCN(OCCO)OCCO.[CaH2]. The van der Waals surface area contributed by atoms with E-state index in [2.05, 4.69) is 0 Å². The number of aliphatic hydroxyl groups excluding tert-OH is 2. The van der Waals surface area contributed by atoms with E-state index >= 15 is 0 Å². The standard InChI is InChI=1S/C6H15NO4.Ca.2H/c1-2-7(10-5-3-8)11-6-4-9;;;/h8-9H,2-6H2,1H3;;;. The van der Waals surface area contributed by atoms with Gasteiger partial charge in [0.1, 0.15) is 0 Å². The van der Waals surface area contributed by atoms with Crippen LogP contribution >= 0.6 is 0 Å². The van der Waals surface area contributed by atoms with E-state index in [4.69, 9.17) is 19.9 Å². The van der Waals surface area contributed by atoms with Crippen LogP contribution < -0.4 is 0 Å². The van der Waals surface area contributed by atoms with Gasteiger partial charge in [0.2, 0.25) is 0 Å². The molecule has 0 fully saturated rings.